The smallest absolute Gasteiger partial charge is 0.160 e. The van der Waals surface area contributed by atoms with Crippen LogP contribution in [0.1, 0.15) is 19.8 Å². The number of benzene rings is 1. The Balaban J connectivity index is 2.75. The summed E-state index contributed by atoms with van der Waals surface area (Å²) in [5.74, 6) is 0.532. The molecular formula is C10H13Cl2NO. The Labute approximate surface area is 94.0 Å². The molecule has 0 radical (unpaired) electrons. The maximum atomic E-state index is 5.92. The summed E-state index contributed by atoms with van der Waals surface area (Å²) in [5, 5.41) is 0.987. The van der Waals surface area contributed by atoms with E-state index in [1.165, 1.54) is 0 Å². The van der Waals surface area contributed by atoms with Gasteiger partial charge in [-0.1, -0.05) is 36.5 Å². The molecule has 0 aromatic heterocycles. The molecule has 0 amide bonds. The van der Waals surface area contributed by atoms with Gasteiger partial charge in [-0.2, -0.15) is 0 Å². The fourth-order valence-corrected chi connectivity index (χ4v) is 1.61. The van der Waals surface area contributed by atoms with Gasteiger partial charge in [-0.3, -0.25) is 0 Å². The van der Waals surface area contributed by atoms with E-state index in [9.17, 15) is 0 Å². The second-order valence-electron chi connectivity index (χ2n) is 3.01. The minimum atomic E-state index is 0.464. The molecule has 78 valence electrons. The standard InChI is InChI=1S/C10H13Cl2NO/c1-2-3-4-14-10-8(12)5-7(11)6-9(10)13/h5-6H,2-4,13H2,1H3. The van der Waals surface area contributed by atoms with E-state index >= 15 is 0 Å². The number of hydrogen-bond donors (Lipinski definition) is 1. The first-order chi connectivity index (χ1) is 6.65. The Morgan fingerprint density at radius 2 is 2.07 bits per heavy atom. The lowest BCUT2D eigenvalue weighted by atomic mass is 10.3. The molecule has 0 heterocycles. The van der Waals surface area contributed by atoms with Crippen molar-refractivity contribution >= 4 is 28.9 Å². The Hall–Kier alpha value is -0.600. The predicted molar refractivity (Wildman–Crippen MR) is 61.3 cm³/mol. The van der Waals surface area contributed by atoms with E-state index in [1.807, 2.05) is 0 Å². The molecule has 0 aliphatic rings. The normalized spacial score (nSPS) is 10.2. The molecular weight excluding hydrogens is 221 g/mol. The zero-order chi connectivity index (χ0) is 10.6. The van der Waals surface area contributed by atoms with Crippen LogP contribution in [0.3, 0.4) is 0 Å². The summed E-state index contributed by atoms with van der Waals surface area (Å²) >= 11 is 11.7. The minimum absolute atomic E-state index is 0.464. The molecule has 0 atom stereocenters. The number of rotatable bonds is 4. The van der Waals surface area contributed by atoms with E-state index in [1.54, 1.807) is 12.1 Å². The summed E-state index contributed by atoms with van der Waals surface area (Å²) < 4.78 is 5.45. The number of nitrogens with two attached hydrogens (primary N) is 1. The molecule has 0 saturated carbocycles. The van der Waals surface area contributed by atoms with Crippen LogP contribution in [0, 0.1) is 0 Å². The summed E-state index contributed by atoms with van der Waals surface area (Å²) in [4.78, 5) is 0. The van der Waals surface area contributed by atoms with Gasteiger partial charge in [-0.05, 0) is 18.6 Å². The molecule has 0 unspecified atom stereocenters. The molecule has 0 spiro atoms. The summed E-state index contributed by atoms with van der Waals surface area (Å²) in [5.41, 5.74) is 6.20. The molecule has 1 rings (SSSR count). The SMILES string of the molecule is CCCCOc1c(N)cc(Cl)cc1Cl. The van der Waals surface area contributed by atoms with Crippen LogP contribution >= 0.6 is 23.2 Å². The van der Waals surface area contributed by atoms with Crippen LogP contribution in [-0.2, 0) is 0 Å². The van der Waals surface area contributed by atoms with Crippen LogP contribution in [0.4, 0.5) is 5.69 Å². The minimum Gasteiger partial charge on any atom is -0.490 e. The number of unbranched alkanes of at least 4 members (excludes halogenated alkanes) is 1. The molecule has 0 bridgehead atoms. The van der Waals surface area contributed by atoms with Gasteiger partial charge in [-0.25, -0.2) is 0 Å². The molecule has 2 nitrogen and oxygen atoms in total. The van der Waals surface area contributed by atoms with Crippen LogP contribution in [0.2, 0.25) is 10.0 Å². The highest BCUT2D eigenvalue weighted by Gasteiger charge is 2.07. The average Bonchev–Trinajstić information content (AvgIpc) is 2.09. The second kappa shape index (κ2) is 5.32. The van der Waals surface area contributed by atoms with E-state index in [4.69, 9.17) is 33.7 Å². The Morgan fingerprint density at radius 3 is 2.64 bits per heavy atom. The van der Waals surface area contributed by atoms with Crippen LogP contribution in [0.25, 0.3) is 0 Å². The van der Waals surface area contributed by atoms with Crippen molar-refractivity contribution in [2.75, 3.05) is 12.3 Å². The molecule has 14 heavy (non-hydrogen) atoms. The Bertz CT molecular complexity index is 292. The third-order valence-electron chi connectivity index (χ3n) is 1.78. The topological polar surface area (TPSA) is 35.2 Å². The number of anilines is 1. The molecule has 0 saturated heterocycles. The molecule has 4 heteroatoms. The van der Waals surface area contributed by atoms with E-state index in [2.05, 4.69) is 6.92 Å². The van der Waals surface area contributed by atoms with Gasteiger partial charge in [0.05, 0.1) is 17.3 Å². The van der Waals surface area contributed by atoms with Crippen LogP contribution in [0.5, 0.6) is 5.75 Å². The highest BCUT2D eigenvalue weighted by Crippen LogP contribution is 2.34. The Morgan fingerprint density at radius 1 is 1.36 bits per heavy atom. The zero-order valence-corrected chi connectivity index (χ0v) is 9.53. The molecule has 0 aliphatic carbocycles. The first-order valence-electron chi connectivity index (χ1n) is 4.52. The number of halogens is 2. The highest BCUT2D eigenvalue weighted by atomic mass is 35.5. The Kier molecular flexibility index (Phi) is 4.36. The quantitative estimate of drug-likeness (QED) is 0.635. The predicted octanol–water partition coefficient (Wildman–Crippen LogP) is 3.75. The summed E-state index contributed by atoms with van der Waals surface area (Å²) in [7, 11) is 0. The number of nitrogen functional groups attached to an aromatic ring is 1. The molecule has 0 fully saturated rings. The van der Waals surface area contributed by atoms with Gasteiger partial charge in [-0.15, -0.1) is 0 Å². The first kappa shape index (κ1) is 11.5. The van der Waals surface area contributed by atoms with Crippen molar-refractivity contribution in [3.05, 3.63) is 22.2 Å². The molecule has 1 aromatic carbocycles. The maximum absolute atomic E-state index is 5.92. The van der Waals surface area contributed by atoms with E-state index in [-0.39, 0.29) is 0 Å². The van der Waals surface area contributed by atoms with Crippen molar-refractivity contribution < 1.29 is 4.74 Å². The lowest BCUT2D eigenvalue weighted by molar-refractivity contribution is 0.311. The van der Waals surface area contributed by atoms with E-state index < -0.39 is 0 Å². The number of ether oxygens (including phenoxy) is 1. The van der Waals surface area contributed by atoms with Crippen molar-refractivity contribution in [3.63, 3.8) is 0 Å². The van der Waals surface area contributed by atoms with E-state index in [0.717, 1.165) is 12.8 Å². The fourth-order valence-electron chi connectivity index (χ4n) is 1.05. The van der Waals surface area contributed by atoms with Gasteiger partial charge in [0.25, 0.3) is 0 Å². The van der Waals surface area contributed by atoms with Crippen molar-refractivity contribution in [1.29, 1.82) is 0 Å². The van der Waals surface area contributed by atoms with Crippen molar-refractivity contribution in [3.8, 4) is 5.75 Å². The average molecular weight is 234 g/mol. The van der Waals surface area contributed by atoms with E-state index in [0.29, 0.717) is 28.1 Å². The van der Waals surface area contributed by atoms with Crippen LogP contribution in [0.15, 0.2) is 12.1 Å². The monoisotopic (exact) mass is 233 g/mol. The summed E-state index contributed by atoms with van der Waals surface area (Å²) in [6, 6.07) is 3.26. The lowest BCUT2D eigenvalue weighted by Gasteiger charge is -2.10. The van der Waals surface area contributed by atoms with Gasteiger partial charge < -0.3 is 10.5 Å². The molecule has 2 N–H and O–H groups in total. The third-order valence-corrected chi connectivity index (χ3v) is 2.28. The van der Waals surface area contributed by atoms with Gasteiger partial charge in [0.1, 0.15) is 0 Å². The van der Waals surface area contributed by atoms with Gasteiger partial charge in [0, 0.05) is 5.02 Å². The highest BCUT2D eigenvalue weighted by molar-refractivity contribution is 6.36. The molecule has 1 aromatic rings. The summed E-state index contributed by atoms with van der Waals surface area (Å²) in [6.45, 7) is 2.72. The van der Waals surface area contributed by atoms with Crippen molar-refractivity contribution in [1.82, 2.24) is 0 Å². The third kappa shape index (κ3) is 2.96. The number of hydrogen-bond acceptors (Lipinski definition) is 2. The molecule has 0 aliphatic heterocycles. The van der Waals surface area contributed by atoms with Crippen molar-refractivity contribution in [2.45, 2.75) is 19.8 Å². The zero-order valence-electron chi connectivity index (χ0n) is 8.02. The first-order valence-corrected chi connectivity index (χ1v) is 5.28. The van der Waals surface area contributed by atoms with Gasteiger partial charge >= 0.3 is 0 Å². The van der Waals surface area contributed by atoms with Crippen molar-refractivity contribution in [2.24, 2.45) is 0 Å². The van der Waals surface area contributed by atoms with Gasteiger partial charge in [0.2, 0.25) is 0 Å². The van der Waals surface area contributed by atoms with Gasteiger partial charge in [0.15, 0.2) is 5.75 Å². The second-order valence-corrected chi connectivity index (χ2v) is 3.85. The lowest BCUT2D eigenvalue weighted by Crippen LogP contribution is -2.00. The largest absolute Gasteiger partial charge is 0.490 e. The van der Waals surface area contributed by atoms with Crippen LogP contribution in [-0.4, -0.2) is 6.61 Å². The fraction of sp³-hybridized carbons (Fsp3) is 0.400. The maximum Gasteiger partial charge on any atom is 0.160 e. The van der Waals surface area contributed by atoms with Crippen LogP contribution < -0.4 is 10.5 Å². The summed E-state index contributed by atoms with van der Waals surface area (Å²) in [6.07, 6.45) is 2.06.